The van der Waals surface area contributed by atoms with E-state index in [9.17, 15) is 4.79 Å². The molecule has 21 heavy (non-hydrogen) atoms. The molecule has 1 N–H and O–H groups in total. The second-order valence-corrected chi connectivity index (χ2v) is 6.70. The first-order valence-corrected chi connectivity index (χ1v) is 7.96. The zero-order valence-electron chi connectivity index (χ0n) is 12.6. The molecule has 1 amide bonds. The average molecular weight is 308 g/mol. The Morgan fingerprint density at radius 3 is 2.57 bits per heavy atom. The van der Waals surface area contributed by atoms with E-state index in [1.807, 2.05) is 18.2 Å². The maximum Gasteiger partial charge on any atom is 0.227 e. The summed E-state index contributed by atoms with van der Waals surface area (Å²) in [7, 11) is 2.14. The van der Waals surface area contributed by atoms with Crippen LogP contribution in [-0.4, -0.2) is 44.0 Å². The van der Waals surface area contributed by atoms with Gasteiger partial charge in [-0.05, 0) is 37.6 Å². The highest BCUT2D eigenvalue weighted by Crippen LogP contribution is 2.39. The van der Waals surface area contributed by atoms with Crippen molar-refractivity contribution in [3.8, 4) is 0 Å². The smallest absolute Gasteiger partial charge is 0.227 e. The Kier molecular flexibility index (Phi) is 4.09. The number of likely N-dealkylation sites (N-methyl/N-ethyl adjacent to an activating group) is 1. The molecule has 2 fully saturated rings. The van der Waals surface area contributed by atoms with Crippen LogP contribution in [0.15, 0.2) is 18.2 Å². The summed E-state index contributed by atoms with van der Waals surface area (Å²) in [5, 5.41) is 3.73. The van der Waals surface area contributed by atoms with E-state index < -0.39 is 0 Å². The van der Waals surface area contributed by atoms with Crippen LogP contribution in [-0.2, 0) is 4.79 Å². The van der Waals surface area contributed by atoms with Gasteiger partial charge in [-0.2, -0.15) is 0 Å². The number of amides is 1. The van der Waals surface area contributed by atoms with E-state index in [1.54, 1.807) is 0 Å². The summed E-state index contributed by atoms with van der Waals surface area (Å²) in [6.07, 6.45) is 0.996. The molecule has 2 atom stereocenters. The zero-order chi connectivity index (χ0) is 15.0. The molecule has 5 heteroatoms. The van der Waals surface area contributed by atoms with Crippen LogP contribution < -0.4 is 10.2 Å². The number of benzene rings is 1. The van der Waals surface area contributed by atoms with Gasteiger partial charge in [0.2, 0.25) is 5.91 Å². The first-order valence-electron chi connectivity index (χ1n) is 7.58. The molecular weight excluding hydrogens is 286 g/mol. The summed E-state index contributed by atoms with van der Waals surface area (Å²) in [6.45, 7) is 6.14. The average Bonchev–Trinajstić information content (AvgIpc) is 3.18. The SMILES string of the molecule is C[C@H]1C[C@H]1C(=O)Nc1cc(Cl)ccc1N1CCN(C)CC1. The molecular formula is C16H22ClN3O. The molecule has 0 radical (unpaired) electrons. The molecule has 114 valence electrons. The summed E-state index contributed by atoms with van der Waals surface area (Å²) >= 11 is 6.11. The highest BCUT2D eigenvalue weighted by atomic mass is 35.5. The van der Waals surface area contributed by atoms with Crippen LogP contribution in [0.4, 0.5) is 11.4 Å². The lowest BCUT2D eigenvalue weighted by atomic mass is 10.2. The standard InChI is InChI=1S/C16H22ClN3O/c1-11-9-13(11)16(21)18-14-10-12(17)3-4-15(14)20-7-5-19(2)6-8-20/h3-4,10-11,13H,5-9H2,1-2H3,(H,18,21)/t11-,13+/m0/s1. The number of nitrogens with zero attached hydrogens (tertiary/aromatic N) is 2. The minimum Gasteiger partial charge on any atom is -0.367 e. The van der Waals surface area contributed by atoms with Crippen molar-refractivity contribution < 1.29 is 4.79 Å². The monoisotopic (exact) mass is 307 g/mol. The van der Waals surface area contributed by atoms with Crippen molar-refractivity contribution in [2.24, 2.45) is 11.8 Å². The van der Waals surface area contributed by atoms with Crippen molar-refractivity contribution >= 4 is 28.9 Å². The van der Waals surface area contributed by atoms with Gasteiger partial charge in [-0.3, -0.25) is 4.79 Å². The van der Waals surface area contributed by atoms with E-state index in [-0.39, 0.29) is 11.8 Å². The summed E-state index contributed by atoms with van der Waals surface area (Å²) < 4.78 is 0. The Morgan fingerprint density at radius 2 is 1.95 bits per heavy atom. The minimum absolute atomic E-state index is 0.125. The fourth-order valence-corrected chi connectivity index (χ4v) is 3.02. The van der Waals surface area contributed by atoms with E-state index >= 15 is 0 Å². The van der Waals surface area contributed by atoms with E-state index in [4.69, 9.17) is 11.6 Å². The third kappa shape index (κ3) is 3.33. The normalized spacial score (nSPS) is 25.8. The third-order valence-corrected chi connectivity index (χ3v) is 4.74. The predicted octanol–water partition coefficient (Wildman–Crippen LogP) is 2.69. The number of piperazine rings is 1. The fraction of sp³-hybridized carbons (Fsp3) is 0.562. The maximum absolute atomic E-state index is 12.2. The van der Waals surface area contributed by atoms with Crippen molar-refractivity contribution in [2.45, 2.75) is 13.3 Å². The second kappa shape index (κ2) is 5.85. The van der Waals surface area contributed by atoms with Gasteiger partial charge >= 0.3 is 0 Å². The number of anilines is 2. The lowest BCUT2D eigenvalue weighted by molar-refractivity contribution is -0.117. The van der Waals surface area contributed by atoms with Crippen molar-refractivity contribution in [3.63, 3.8) is 0 Å². The molecule has 0 aromatic heterocycles. The van der Waals surface area contributed by atoms with Crippen LogP contribution >= 0.6 is 11.6 Å². The van der Waals surface area contributed by atoms with E-state index in [2.05, 4.69) is 29.1 Å². The lowest BCUT2D eigenvalue weighted by Gasteiger charge is -2.35. The van der Waals surface area contributed by atoms with E-state index in [0.717, 1.165) is 44.0 Å². The summed E-state index contributed by atoms with van der Waals surface area (Å²) in [5.74, 6) is 0.806. The highest BCUT2D eigenvalue weighted by molar-refractivity contribution is 6.31. The van der Waals surface area contributed by atoms with Crippen molar-refractivity contribution in [2.75, 3.05) is 43.4 Å². The van der Waals surface area contributed by atoms with Gasteiger partial charge in [-0.15, -0.1) is 0 Å². The molecule has 0 bridgehead atoms. The second-order valence-electron chi connectivity index (χ2n) is 6.26. The Balaban J connectivity index is 1.78. The molecule has 4 nitrogen and oxygen atoms in total. The van der Waals surface area contributed by atoms with Crippen molar-refractivity contribution in [1.82, 2.24) is 4.90 Å². The van der Waals surface area contributed by atoms with Crippen LogP contribution in [0.25, 0.3) is 0 Å². The molecule has 1 aliphatic carbocycles. The van der Waals surface area contributed by atoms with Crippen LogP contribution in [0.3, 0.4) is 0 Å². The Hall–Kier alpha value is -1.26. The Morgan fingerprint density at radius 1 is 1.29 bits per heavy atom. The van der Waals surface area contributed by atoms with Gasteiger partial charge in [0.05, 0.1) is 11.4 Å². The summed E-state index contributed by atoms with van der Waals surface area (Å²) in [6, 6.07) is 5.77. The number of nitrogens with one attached hydrogen (secondary N) is 1. The largest absolute Gasteiger partial charge is 0.367 e. The van der Waals surface area contributed by atoms with Crippen molar-refractivity contribution in [3.05, 3.63) is 23.2 Å². The van der Waals surface area contributed by atoms with Gasteiger partial charge in [0.25, 0.3) is 0 Å². The zero-order valence-corrected chi connectivity index (χ0v) is 13.4. The maximum atomic E-state index is 12.2. The minimum atomic E-state index is 0.125. The van der Waals surface area contributed by atoms with Crippen LogP contribution in [0.2, 0.25) is 5.02 Å². The number of hydrogen-bond acceptors (Lipinski definition) is 3. The van der Waals surface area contributed by atoms with Gasteiger partial charge in [-0.1, -0.05) is 18.5 Å². The summed E-state index contributed by atoms with van der Waals surface area (Å²) in [4.78, 5) is 16.8. The van der Waals surface area contributed by atoms with Crippen LogP contribution in [0, 0.1) is 11.8 Å². The molecule has 0 spiro atoms. The van der Waals surface area contributed by atoms with Gasteiger partial charge in [-0.25, -0.2) is 0 Å². The number of rotatable bonds is 3. The van der Waals surface area contributed by atoms with Gasteiger partial charge < -0.3 is 15.1 Å². The molecule has 2 aliphatic rings. The van der Waals surface area contributed by atoms with Gasteiger partial charge in [0, 0.05) is 37.1 Å². The first kappa shape index (κ1) is 14.7. The third-order valence-electron chi connectivity index (χ3n) is 4.51. The topological polar surface area (TPSA) is 35.6 Å². The van der Waals surface area contributed by atoms with E-state index in [0.29, 0.717) is 10.9 Å². The Labute approximate surface area is 131 Å². The highest BCUT2D eigenvalue weighted by Gasteiger charge is 2.39. The Bertz CT molecular complexity index is 540. The fourth-order valence-electron chi connectivity index (χ4n) is 2.84. The molecule has 3 rings (SSSR count). The summed E-state index contributed by atoms with van der Waals surface area (Å²) in [5.41, 5.74) is 1.92. The molecule has 1 aromatic rings. The lowest BCUT2D eigenvalue weighted by Crippen LogP contribution is -2.44. The molecule has 1 aromatic carbocycles. The molecule has 1 heterocycles. The molecule has 0 unspecified atom stereocenters. The predicted molar refractivity (Wildman–Crippen MR) is 87.1 cm³/mol. The van der Waals surface area contributed by atoms with Crippen molar-refractivity contribution in [1.29, 1.82) is 0 Å². The number of hydrogen-bond donors (Lipinski definition) is 1. The van der Waals surface area contributed by atoms with E-state index in [1.165, 1.54) is 0 Å². The molecule has 1 saturated heterocycles. The molecule has 1 saturated carbocycles. The van der Waals surface area contributed by atoms with Gasteiger partial charge in [0.15, 0.2) is 0 Å². The number of carbonyl (C=O) groups is 1. The quantitative estimate of drug-likeness (QED) is 0.932. The number of carbonyl (C=O) groups excluding carboxylic acids is 1. The molecule has 1 aliphatic heterocycles. The van der Waals surface area contributed by atoms with Crippen LogP contribution in [0.5, 0.6) is 0 Å². The first-order chi connectivity index (χ1) is 10.0. The van der Waals surface area contributed by atoms with Crippen LogP contribution in [0.1, 0.15) is 13.3 Å². The van der Waals surface area contributed by atoms with Gasteiger partial charge in [0.1, 0.15) is 0 Å². The number of halogens is 1.